The molecule has 0 spiro atoms. The molecule has 0 heterocycles. The van der Waals surface area contributed by atoms with Crippen LogP contribution in [0.2, 0.25) is 0 Å². The molecule has 4 heteroatoms. The number of hydrogen-bond donors (Lipinski definition) is 1. The summed E-state index contributed by atoms with van der Waals surface area (Å²) in [5, 5.41) is 11.2. The molecule has 78 valence electrons. The lowest BCUT2D eigenvalue weighted by molar-refractivity contribution is 0.481. The monoisotopic (exact) mass is 260 g/mol. The van der Waals surface area contributed by atoms with Crippen LogP contribution >= 0.6 is 34.8 Å². The van der Waals surface area contributed by atoms with Crippen LogP contribution in [0.5, 0.6) is 5.75 Å². The van der Waals surface area contributed by atoms with Gasteiger partial charge in [0.05, 0.1) is 0 Å². The molecule has 0 aliphatic rings. The van der Waals surface area contributed by atoms with Crippen LogP contribution in [0.3, 0.4) is 0 Å². The fraction of sp³-hybridized carbons (Fsp3) is 0.0909. The first-order chi connectivity index (χ1) is 6.98. The van der Waals surface area contributed by atoms with Crippen molar-refractivity contribution in [2.45, 2.75) is 3.79 Å². The Kier molecular flexibility index (Phi) is 2.72. The molecule has 0 aromatic heterocycles. The molecular formula is C11H7Cl3O. The third-order valence-electron chi connectivity index (χ3n) is 2.19. The zero-order valence-electron chi connectivity index (χ0n) is 7.55. The SMILES string of the molecule is Oc1cccc2ccc(C(Cl)(Cl)Cl)cc12. The molecule has 1 N–H and O–H groups in total. The Morgan fingerprint density at radius 1 is 1.00 bits per heavy atom. The van der Waals surface area contributed by atoms with Gasteiger partial charge in [-0.05, 0) is 17.5 Å². The predicted octanol–water partition coefficient (Wildman–Crippen LogP) is 4.37. The summed E-state index contributed by atoms with van der Waals surface area (Å²) in [7, 11) is 0. The second kappa shape index (κ2) is 3.75. The summed E-state index contributed by atoms with van der Waals surface area (Å²) in [6.45, 7) is 0. The maximum atomic E-state index is 9.63. The van der Waals surface area contributed by atoms with Crippen molar-refractivity contribution >= 4 is 45.6 Å². The van der Waals surface area contributed by atoms with Gasteiger partial charge >= 0.3 is 0 Å². The van der Waals surface area contributed by atoms with Crippen molar-refractivity contribution in [2.75, 3.05) is 0 Å². The fourth-order valence-electron chi connectivity index (χ4n) is 1.43. The highest BCUT2D eigenvalue weighted by Gasteiger charge is 2.22. The third kappa shape index (κ3) is 2.15. The molecule has 2 rings (SSSR count). The van der Waals surface area contributed by atoms with E-state index in [9.17, 15) is 5.11 Å². The first-order valence-corrected chi connectivity index (χ1v) is 5.41. The van der Waals surface area contributed by atoms with Crippen LogP contribution in [0, 0.1) is 0 Å². The second-order valence-electron chi connectivity index (χ2n) is 3.21. The zero-order chi connectivity index (χ0) is 11.1. The zero-order valence-corrected chi connectivity index (χ0v) is 9.81. The molecule has 2 aromatic rings. The van der Waals surface area contributed by atoms with Gasteiger partial charge in [0.15, 0.2) is 0 Å². The van der Waals surface area contributed by atoms with Crippen molar-refractivity contribution in [3.8, 4) is 5.75 Å². The summed E-state index contributed by atoms with van der Waals surface area (Å²) < 4.78 is -1.46. The Hall–Kier alpha value is -0.630. The number of alkyl halides is 3. The summed E-state index contributed by atoms with van der Waals surface area (Å²) in [5.41, 5.74) is 0.543. The maximum Gasteiger partial charge on any atom is 0.216 e. The van der Waals surface area contributed by atoms with E-state index in [4.69, 9.17) is 34.8 Å². The Balaban J connectivity index is 2.70. The van der Waals surface area contributed by atoms with Gasteiger partial charge in [-0.1, -0.05) is 59.1 Å². The molecule has 0 unspecified atom stereocenters. The maximum absolute atomic E-state index is 9.63. The van der Waals surface area contributed by atoms with Crippen molar-refractivity contribution in [1.82, 2.24) is 0 Å². The van der Waals surface area contributed by atoms with Crippen LogP contribution in [0.15, 0.2) is 36.4 Å². The van der Waals surface area contributed by atoms with E-state index in [1.807, 2.05) is 12.1 Å². The second-order valence-corrected chi connectivity index (χ2v) is 5.49. The van der Waals surface area contributed by atoms with Gasteiger partial charge in [-0.25, -0.2) is 0 Å². The molecule has 0 saturated carbocycles. The molecular weight excluding hydrogens is 254 g/mol. The Bertz CT molecular complexity index is 503. The standard InChI is InChI=1S/C11H7Cl3O/c12-11(13,14)8-5-4-7-2-1-3-10(15)9(7)6-8/h1-6,15H. The van der Waals surface area contributed by atoms with Crippen LogP contribution in [0.4, 0.5) is 0 Å². The van der Waals surface area contributed by atoms with Gasteiger partial charge in [0.2, 0.25) is 3.79 Å². The summed E-state index contributed by atoms with van der Waals surface area (Å²) in [4.78, 5) is 0. The first-order valence-electron chi connectivity index (χ1n) is 4.27. The Morgan fingerprint density at radius 2 is 1.73 bits per heavy atom. The Morgan fingerprint density at radius 3 is 2.40 bits per heavy atom. The average molecular weight is 262 g/mol. The van der Waals surface area contributed by atoms with E-state index in [0.717, 1.165) is 5.39 Å². The highest BCUT2D eigenvalue weighted by atomic mass is 35.6. The van der Waals surface area contributed by atoms with E-state index in [2.05, 4.69) is 0 Å². The number of benzene rings is 2. The van der Waals surface area contributed by atoms with E-state index in [0.29, 0.717) is 10.9 Å². The van der Waals surface area contributed by atoms with Gasteiger partial charge in [-0.15, -0.1) is 0 Å². The number of aromatic hydroxyl groups is 1. The van der Waals surface area contributed by atoms with Crippen molar-refractivity contribution in [3.05, 3.63) is 42.0 Å². The highest BCUT2D eigenvalue weighted by molar-refractivity contribution is 6.66. The number of fused-ring (bicyclic) bond motifs is 1. The van der Waals surface area contributed by atoms with Crippen molar-refractivity contribution < 1.29 is 5.11 Å². The number of hydrogen-bond acceptors (Lipinski definition) is 1. The lowest BCUT2D eigenvalue weighted by atomic mass is 10.1. The predicted molar refractivity (Wildman–Crippen MR) is 64.8 cm³/mol. The van der Waals surface area contributed by atoms with E-state index in [1.165, 1.54) is 0 Å². The average Bonchev–Trinajstić information content (AvgIpc) is 2.16. The van der Waals surface area contributed by atoms with E-state index < -0.39 is 3.79 Å². The largest absolute Gasteiger partial charge is 0.507 e. The van der Waals surface area contributed by atoms with Crippen molar-refractivity contribution in [1.29, 1.82) is 0 Å². The highest BCUT2D eigenvalue weighted by Crippen LogP contribution is 2.40. The third-order valence-corrected chi connectivity index (χ3v) is 2.84. The Labute approximate surface area is 102 Å². The lowest BCUT2D eigenvalue weighted by Gasteiger charge is -2.12. The molecule has 0 atom stereocenters. The number of halogens is 3. The number of rotatable bonds is 0. The smallest absolute Gasteiger partial charge is 0.216 e. The molecule has 15 heavy (non-hydrogen) atoms. The minimum absolute atomic E-state index is 0.184. The van der Waals surface area contributed by atoms with Crippen molar-refractivity contribution in [3.63, 3.8) is 0 Å². The van der Waals surface area contributed by atoms with Crippen LogP contribution < -0.4 is 0 Å². The quantitative estimate of drug-likeness (QED) is 0.698. The molecule has 0 aliphatic heterocycles. The van der Waals surface area contributed by atoms with Crippen LogP contribution in [0.1, 0.15) is 5.56 Å². The van der Waals surface area contributed by atoms with E-state index >= 15 is 0 Å². The fourth-order valence-corrected chi connectivity index (χ4v) is 1.79. The molecule has 0 bridgehead atoms. The van der Waals surface area contributed by atoms with Gasteiger partial charge in [0.25, 0.3) is 0 Å². The summed E-state index contributed by atoms with van der Waals surface area (Å²) in [5.74, 6) is 0.184. The number of phenols is 1. The molecule has 0 radical (unpaired) electrons. The van der Waals surface area contributed by atoms with Crippen LogP contribution in [0.25, 0.3) is 10.8 Å². The number of phenolic OH excluding ortho intramolecular Hbond substituents is 1. The molecule has 0 saturated heterocycles. The van der Waals surface area contributed by atoms with Gasteiger partial charge in [-0.3, -0.25) is 0 Å². The molecule has 0 fully saturated rings. The van der Waals surface area contributed by atoms with E-state index in [-0.39, 0.29) is 5.75 Å². The minimum Gasteiger partial charge on any atom is -0.507 e. The summed E-state index contributed by atoms with van der Waals surface area (Å²) in [6, 6.07) is 10.5. The van der Waals surface area contributed by atoms with Gasteiger partial charge in [-0.2, -0.15) is 0 Å². The lowest BCUT2D eigenvalue weighted by Crippen LogP contribution is -1.99. The molecule has 0 aliphatic carbocycles. The minimum atomic E-state index is -1.46. The van der Waals surface area contributed by atoms with Gasteiger partial charge in [0, 0.05) is 10.9 Å². The topological polar surface area (TPSA) is 20.2 Å². The van der Waals surface area contributed by atoms with Gasteiger partial charge in [0.1, 0.15) is 5.75 Å². The van der Waals surface area contributed by atoms with Crippen molar-refractivity contribution in [2.24, 2.45) is 0 Å². The molecule has 0 amide bonds. The molecule has 2 aromatic carbocycles. The van der Waals surface area contributed by atoms with Gasteiger partial charge < -0.3 is 5.11 Å². The first kappa shape index (κ1) is 10.9. The van der Waals surface area contributed by atoms with E-state index in [1.54, 1.807) is 24.3 Å². The summed E-state index contributed by atoms with van der Waals surface area (Å²) >= 11 is 17.3. The summed E-state index contributed by atoms with van der Waals surface area (Å²) in [6.07, 6.45) is 0. The van der Waals surface area contributed by atoms with Crippen LogP contribution in [-0.4, -0.2) is 5.11 Å². The van der Waals surface area contributed by atoms with Crippen LogP contribution in [-0.2, 0) is 3.79 Å². The molecule has 1 nitrogen and oxygen atoms in total. The normalized spacial score (nSPS) is 11.9.